The SMILES string of the molecule is CC(C)C1N=C(c2cccc3c2C2(CC3)CCc3cccc(C4=NC(C(C)C)OC4)c32)CO1. The predicted molar refractivity (Wildman–Crippen MR) is 133 cm³/mol. The molecule has 4 aliphatic rings. The van der Waals surface area contributed by atoms with Gasteiger partial charge in [0, 0.05) is 16.5 Å². The number of hydrogen-bond acceptors (Lipinski definition) is 4. The van der Waals surface area contributed by atoms with Crippen molar-refractivity contribution in [3.8, 4) is 0 Å². The second-order valence-corrected chi connectivity index (χ2v) is 10.8. The number of aryl methyl sites for hydroxylation is 2. The summed E-state index contributed by atoms with van der Waals surface area (Å²) in [5.41, 5.74) is 10.9. The molecule has 0 saturated heterocycles. The third-order valence-corrected chi connectivity index (χ3v) is 8.01. The first-order valence-corrected chi connectivity index (χ1v) is 12.6. The van der Waals surface area contributed by atoms with E-state index in [1.54, 1.807) is 0 Å². The van der Waals surface area contributed by atoms with Gasteiger partial charge in [-0.05, 0) is 59.8 Å². The van der Waals surface area contributed by atoms with Crippen molar-refractivity contribution in [1.82, 2.24) is 0 Å². The molecule has 2 unspecified atom stereocenters. The van der Waals surface area contributed by atoms with Crippen molar-refractivity contribution in [1.29, 1.82) is 0 Å². The summed E-state index contributed by atoms with van der Waals surface area (Å²) in [7, 11) is 0. The Kier molecular flexibility index (Phi) is 5.08. The molecule has 0 fully saturated rings. The van der Waals surface area contributed by atoms with Gasteiger partial charge < -0.3 is 9.47 Å². The molecule has 33 heavy (non-hydrogen) atoms. The lowest BCUT2D eigenvalue weighted by molar-refractivity contribution is 0.0729. The largest absolute Gasteiger partial charge is 0.350 e. The molecule has 0 bridgehead atoms. The summed E-state index contributed by atoms with van der Waals surface area (Å²) in [6.07, 6.45) is 4.50. The van der Waals surface area contributed by atoms with E-state index >= 15 is 0 Å². The van der Waals surface area contributed by atoms with Crippen LogP contribution in [0.1, 0.15) is 73.9 Å². The number of nitrogens with zero attached hydrogens (tertiary/aromatic N) is 2. The first kappa shape index (κ1) is 21.2. The Morgan fingerprint density at radius 2 is 1.18 bits per heavy atom. The Morgan fingerprint density at radius 3 is 1.58 bits per heavy atom. The fourth-order valence-corrected chi connectivity index (χ4v) is 6.44. The Balaban J connectivity index is 1.50. The third kappa shape index (κ3) is 3.25. The maximum atomic E-state index is 6.06. The van der Waals surface area contributed by atoms with Crippen molar-refractivity contribution < 1.29 is 9.47 Å². The van der Waals surface area contributed by atoms with Gasteiger partial charge in [-0.25, -0.2) is 0 Å². The maximum absolute atomic E-state index is 6.06. The van der Waals surface area contributed by atoms with Gasteiger partial charge in [0.1, 0.15) is 0 Å². The quantitative estimate of drug-likeness (QED) is 0.630. The highest BCUT2D eigenvalue weighted by molar-refractivity contribution is 6.06. The summed E-state index contributed by atoms with van der Waals surface area (Å²) in [6.45, 7) is 9.95. The van der Waals surface area contributed by atoms with Gasteiger partial charge in [0.05, 0.1) is 24.6 Å². The molecule has 2 atom stereocenters. The lowest BCUT2D eigenvalue weighted by Crippen LogP contribution is -2.27. The molecule has 2 aromatic rings. The molecule has 4 heteroatoms. The molecular formula is C29H34N2O2. The Morgan fingerprint density at radius 1 is 0.727 bits per heavy atom. The average molecular weight is 443 g/mol. The molecule has 2 aliphatic heterocycles. The van der Waals surface area contributed by atoms with Crippen LogP contribution in [0.5, 0.6) is 0 Å². The van der Waals surface area contributed by atoms with Gasteiger partial charge >= 0.3 is 0 Å². The zero-order valence-electron chi connectivity index (χ0n) is 20.2. The molecule has 6 rings (SSSR count). The van der Waals surface area contributed by atoms with Crippen LogP contribution in [0, 0.1) is 11.8 Å². The number of ether oxygens (including phenoxy) is 2. The molecule has 0 N–H and O–H groups in total. The topological polar surface area (TPSA) is 43.2 Å². The normalized spacial score (nSPS) is 28.1. The van der Waals surface area contributed by atoms with Crippen LogP contribution in [0.3, 0.4) is 0 Å². The van der Waals surface area contributed by atoms with Crippen molar-refractivity contribution in [2.24, 2.45) is 21.8 Å². The van der Waals surface area contributed by atoms with Gasteiger partial charge in [-0.1, -0.05) is 64.1 Å². The van der Waals surface area contributed by atoms with Gasteiger partial charge in [0.25, 0.3) is 0 Å². The molecule has 0 radical (unpaired) electrons. The molecule has 0 aromatic heterocycles. The van der Waals surface area contributed by atoms with E-state index in [4.69, 9.17) is 19.5 Å². The number of hydrogen-bond donors (Lipinski definition) is 0. The van der Waals surface area contributed by atoms with Gasteiger partial charge in [0.2, 0.25) is 0 Å². The highest BCUT2D eigenvalue weighted by Crippen LogP contribution is 2.55. The number of fused-ring (bicyclic) bond motifs is 4. The fourth-order valence-electron chi connectivity index (χ4n) is 6.44. The Labute approximate surface area is 197 Å². The first-order valence-electron chi connectivity index (χ1n) is 12.6. The van der Waals surface area contributed by atoms with Crippen molar-refractivity contribution in [3.05, 3.63) is 69.8 Å². The molecule has 4 nitrogen and oxygen atoms in total. The molecule has 0 amide bonds. The van der Waals surface area contributed by atoms with Crippen LogP contribution in [-0.4, -0.2) is 37.1 Å². The number of rotatable bonds is 4. The lowest BCUT2D eigenvalue weighted by atomic mass is 9.72. The summed E-state index contributed by atoms with van der Waals surface area (Å²) in [5.74, 6) is 0.780. The van der Waals surface area contributed by atoms with E-state index in [2.05, 4.69) is 64.1 Å². The van der Waals surface area contributed by atoms with Crippen LogP contribution in [-0.2, 0) is 27.7 Å². The van der Waals surface area contributed by atoms with Crippen molar-refractivity contribution in [2.45, 2.75) is 71.2 Å². The minimum Gasteiger partial charge on any atom is -0.350 e. The standard InChI is InChI=1S/C29H34N2O2/c1-17(2)27-30-23(15-32-27)21-9-5-7-19-11-13-29(25(19)21)14-12-20-8-6-10-22(26(20)29)24-16-33-28(31-24)18(3)4/h5-10,17-18,27-28H,11-16H2,1-4H3. The monoisotopic (exact) mass is 442 g/mol. The van der Waals surface area contributed by atoms with Gasteiger partial charge in [-0.2, -0.15) is 0 Å². The molecule has 0 saturated carbocycles. The minimum absolute atomic E-state index is 0.0300. The van der Waals surface area contributed by atoms with E-state index in [0.717, 1.165) is 37.1 Å². The predicted octanol–water partition coefficient (Wildman–Crippen LogP) is 5.47. The molecule has 2 aromatic carbocycles. The summed E-state index contributed by atoms with van der Waals surface area (Å²) < 4.78 is 12.1. The Bertz CT molecular complexity index is 1070. The smallest absolute Gasteiger partial charge is 0.151 e. The molecule has 2 aliphatic carbocycles. The van der Waals surface area contributed by atoms with Gasteiger partial charge in [-0.15, -0.1) is 0 Å². The molecule has 2 heterocycles. The van der Waals surface area contributed by atoms with Gasteiger partial charge in [-0.3, -0.25) is 9.98 Å². The van der Waals surface area contributed by atoms with E-state index < -0.39 is 0 Å². The highest BCUT2D eigenvalue weighted by atomic mass is 16.5. The van der Waals surface area contributed by atoms with Crippen molar-refractivity contribution in [3.63, 3.8) is 0 Å². The molecular weight excluding hydrogens is 408 g/mol. The van der Waals surface area contributed by atoms with E-state index in [1.165, 1.54) is 33.4 Å². The molecule has 1 spiro atoms. The zero-order chi connectivity index (χ0) is 22.7. The van der Waals surface area contributed by atoms with Crippen molar-refractivity contribution in [2.75, 3.05) is 13.2 Å². The van der Waals surface area contributed by atoms with E-state index in [1.807, 2.05) is 0 Å². The zero-order valence-corrected chi connectivity index (χ0v) is 20.2. The van der Waals surface area contributed by atoms with Crippen LogP contribution in [0.2, 0.25) is 0 Å². The Hall–Kier alpha value is -2.30. The lowest BCUT2D eigenvalue weighted by Gasteiger charge is -2.31. The molecule has 172 valence electrons. The summed E-state index contributed by atoms with van der Waals surface area (Å²) in [6, 6.07) is 13.6. The van der Waals surface area contributed by atoms with Gasteiger partial charge in [0.15, 0.2) is 12.5 Å². The first-order chi connectivity index (χ1) is 16.0. The van der Waals surface area contributed by atoms with E-state index in [0.29, 0.717) is 25.0 Å². The van der Waals surface area contributed by atoms with Crippen LogP contribution >= 0.6 is 0 Å². The van der Waals surface area contributed by atoms with E-state index in [-0.39, 0.29) is 17.9 Å². The van der Waals surface area contributed by atoms with Crippen LogP contribution < -0.4 is 0 Å². The van der Waals surface area contributed by atoms with E-state index in [9.17, 15) is 0 Å². The van der Waals surface area contributed by atoms with Crippen LogP contribution in [0.15, 0.2) is 46.4 Å². The second-order valence-electron chi connectivity index (χ2n) is 10.8. The van der Waals surface area contributed by atoms with Crippen LogP contribution in [0.4, 0.5) is 0 Å². The second kappa shape index (κ2) is 7.89. The number of benzene rings is 2. The summed E-state index contributed by atoms with van der Waals surface area (Å²) in [4.78, 5) is 10.1. The average Bonchev–Trinajstić information content (AvgIpc) is 3.60. The fraction of sp³-hybridized carbons (Fsp3) is 0.517. The van der Waals surface area contributed by atoms with Crippen molar-refractivity contribution >= 4 is 11.4 Å². The summed E-state index contributed by atoms with van der Waals surface area (Å²) in [5, 5.41) is 0. The number of aliphatic imine (C=N–C) groups is 2. The van der Waals surface area contributed by atoms with Crippen LogP contribution in [0.25, 0.3) is 0 Å². The highest BCUT2D eigenvalue weighted by Gasteiger charge is 2.48. The minimum atomic E-state index is -0.0300. The summed E-state index contributed by atoms with van der Waals surface area (Å²) >= 11 is 0. The maximum Gasteiger partial charge on any atom is 0.151 e. The third-order valence-electron chi connectivity index (χ3n) is 8.01.